The molecule has 140 valence electrons. The van der Waals surface area contributed by atoms with Crippen molar-refractivity contribution in [3.8, 4) is 22.4 Å². The van der Waals surface area contributed by atoms with Gasteiger partial charge in [-0.1, -0.05) is 6.07 Å². The van der Waals surface area contributed by atoms with E-state index in [1.54, 1.807) is 16.8 Å². The number of nitrogens with zero attached hydrogens (tertiary/aromatic N) is 5. The molecule has 28 heavy (non-hydrogen) atoms. The molecule has 0 amide bonds. The first-order valence-corrected chi connectivity index (χ1v) is 9.11. The van der Waals surface area contributed by atoms with Gasteiger partial charge in [0.05, 0.1) is 33.8 Å². The molecule has 0 saturated carbocycles. The van der Waals surface area contributed by atoms with Crippen molar-refractivity contribution in [3.05, 3.63) is 48.5 Å². The molecule has 0 saturated heterocycles. The van der Waals surface area contributed by atoms with Crippen molar-refractivity contribution in [3.63, 3.8) is 0 Å². The molecule has 5 aromatic rings. The Kier molecular flexibility index (Phi) is 3.69. The quantitative estimate of drug-likeness (QED) is 0.478. The lowest BCUT2D eigenvalue weighted by Gasteiger charge is -2.05. The van der Waals surface area contributed by atoms with Crippen LogP contribution in [0.25, 0.3) is 43.8 Å². The smallest absolute Gasteiger partial charge is 0.344 e. The Morgan fingerprint density at radius 1 is 1.11 bits per heavy atom. The molecule has 0 aliphatic heterocycles. The van der Waals surface area contributed by atoms with Crippen LogP contribution in [0.1, 0.15) is 0 Å². The van der Waals surface area contributed by atoms with Crippen molar-refractivity contribution in [1.82, 2.24) is 29.7 Å². The predicted molar refractivity (Wildman–Crippen MR) is 99.8 cm³/mol. The molecule has 1 aromatic carbocycles. The van der Waals surface area contributed by atoms with Crippen LogP contribution in [0.2, 0.25) is 0 Å². The number of alkyl halides is 3. The van der Waals surface area contributed by atoms with E-state index in [2.05, 4.69) is 25.0 Å². The first-order valence-electron chi connectivity index (χ1n) is 8.24. The van der Waals surface area contributed by atoms with Crippen LogP contribution in [0, 0.1) is 0 Å². The summed E-state index contributed by atoms with van der Waals surface area (Å²) in [6.07, 6.45) is 1.69. The molecular formula is C18H11F3N6S. The van der Waals surface area contributed by atoms with Crippen LogP contribution in [0.4, 0.5) is 13.2 Å². The fourth-order valence-electron chi connectivity index (χ4n) is 3.04. The number of aromatic amines is 1. The van der Waals surface area contributed by atoms with Crippen molar-refractivity contribution in [2.75, 3.05) is 0 Å². The molecule has 10 heteroatoms. The summed E-state index contributed by atoms with van der Waals surface area (Å²) in [6, 6.07) is 5.93. The Balaban J connectivity index is 1.56. The lowest BCUT2D eigenvalue weighted by molar-refractivity contribution is -0.142. The van der Waals surface area contributed by atoms with Crippen LogP contribution in [-0.2, 0) is 6.54 Å². The summed E-state index contributed by atoms with van der Waals surface area (Å²) in [5, 5.41) is 3.77. The Bertz CT molecular complexity index is 1300. The van der Waals surface area contributed by atoms with E-state index in [4.69, 9.17) is 0 Å². The topological polar surface area (TPSA) is 72.3 Å². The second-order valence-corrected chi connectivity index (χ2v) is 7.12. The molecule has 0 spiro atoms. The van der Waals surface area contributed by atoms with Gasteiger partial charge < -0.3 is 4.98 Å². The third kappa shape index (κ3) is 3.01. The Labute approximate surface area is 159 Å². The molecule has 0 radical (unpaired) electrons. The summed E-state index contributed by atoms with van der Waals surface area (Å²) in [5.74, 6) is 0. The number of hydrogen-bond acceptors (Lipinski definition) is 5. The van der Waals surface area contributed by atoms with Crippen molar-refractivity contribution in [2.45, 2.75) is 12.7 Å². The third-order valence-electron chi connectivity index (χ3n) is 4.29. The molecule has 0 fully saturated rings. The zero-order valence-electron chi connectivity index (χ0n) is 14.1. The van der Waals surface area contributed by atoms with Gasteiger partial charge in [-0.2, -0.15) is 18.3 Å². The highest BCUT2D eigenvalue weighted by molar-refractivity contribution is 7.16. The van der Waals surface area contributed by atoms with E-state index in [1.165, 1.54) is 18.6 Å². The molecule has 1 N–H and O–H groups in total. The average molecular weight is 400 g/mol. The van der Waals surface area contributed by atoms with Crippen molar-refractivity contribution in [1.29, 1.82) is 0 Å². The normalized spacial score (nSPS) is 12.2. The van der Waals surface area contributed by atoms with Gasteiger partial charge in [0.1, 0.15) is 12.1 Å². The van der Waals surface area contributed by atoms with E-state index in [1.807, 2.05) is 24.4 Å². The van der Waals surface area contributed by atoms with Gasteiger partial charge >= 0.3 is 6.18 Å². The zero-order valence-corrected chi connectivity index (χ0v) is 14.9. The van der Waals surface area contributed by atoms with Crippen LogP contribution >= 0.6 is 11.3 Å². The minimum atomic E-state index is -4.33. The number of fused-ring (bicyclic) bond motifs is 2. The minimum absolute atomic E-state index is 0.459. The van der Waals surface area contributed by atoms with Crippen molar-refractivity contribution < 1.29 is 13.2 Å². The molecule has 4 heterocycles. The van der Waals surface area contributed by atoms with Gasteiger partial charge in [-0.25, -0.2) is 15.0 Å². The third-order valence-corrected chi connectivity index (χ3v) is 5.09. The molecule has 0 aliphatic rings. The number of halogens is 3. The maximum absolute atomic E-state index is 12.6. The maximum atomic E-state index is 12.6. The van der Waals surface area contributed by atoms with Gasteiger partial charge in [0.15, 0.2) is 5.65 Å². The van der Waals surface area contributed by atoms with Gasteiger partial charge in [-0.3, -0.25) is 4.68 Å². The van der Waals surface area contributed by atoms with Crippen LogP contribution < -0.4 is 0 Å². The summed E-state index contributed by atoms with van der Waals surface area (Å²) in [5.41, 5.74) is 6.72. The van der Waals surface area contributed by atoms with Crippen molar-refractivity contribution >= 4 is 32.7 Å². The van der Waals surface area contributed by atoms with E-state index in [-0.39, 0.29) is 0 Å². The number of rotatable bonds is 3. The summed E-state index contributed by atoms with van der Waals surface area (Å²) in [4.78, 5) is 16.3. The summed E-state index contributed by atoms with van der Waals surface area (Å²) >= 11 is 1.55. The standard InChI is InChI=1S/C18H11F3N6S/c19-18(20,21)8-27-7-11(4-25-27)14-6-23-17-16(26-14)12(5-22-17)10-1-2-13-15(3-10)28-9-24-13/h1-7,9H,8H2,(H,22,23). The Hall–Kier alpha value is -3.27. The Morgan fingerprint density at radius 2 is 2.00 bits per heavy atom. The number of hydrogen-bond donors (Lipinski definition) is 1. The number of nitrogens with one attached hydrogen (secondary N) is 1. The molecule has 6 nitrogen and oxygen atoms in total. The first-order chi connectivity index (χ1) is 13.5. The maximum Gasteiger partial charge on any atom is 0.408 e. The predicted octanol–water partition coefficient (Wildman–Crippen LogP) is 4.66. The lowest BCUT2D eigenvalue weighted by atomic mass is 10.1. The molecule has 5 rings (SSSR count). The van der Waals surface area contributed by atoms with Crippen LogP contribution in [0.3, 0.4) is 0 Å². The molecule has 0 atom stereocenters. The zero-order chi connectivity index (χ0) is 19.3. The van der Waals surface area contributed by atoms with Crippen LogP contribution in [0.15, 0.2) is 48.5 Å². The summed E-state index contributed by atoms with van der Waals surface area (Å²) in [7, 11) is 0. The highest BCUT2D eigenvalue weighted by Crippen LogP contribution is 2.31. The summed E-state index contributed by atoms with van der Waals surface area (Å²) < 4.78 is 39.6. The van der Waals surface area contributed by atoms with Crippen LogP contribution in [-0.4, -0.2) is 35.9 Å². The van der Waals surface area contributed by atoms with Gasteiger partial charge in [0.2, 0.25) is 0 Å². The largest absolute Gasteiger partial charge is 0.408 e. The van der Waals surface area contributed by atoms with E-state index < -0.39 is 12.7 Å². The molecule has 0 aliphatic carbocycles. The number of benzene rings is 1. The highest BCUT2D eigenvalue weighted by Gasteiger charge is 2.28. The summed E-state index contributed by atoms with van der Waals surface area (Å²) in [6.45, 7) is -1.15. The van der Waals surface area contributed by atoms with Crippen LogP contribution in [0.5, 0.6) is 0 Å². The molecular weight excluding hydrogens is 389 g/mol. The molecule has 0 unspecified atom stereocenters. The fourth-order valence-corrected chi connectivity index (χ4v) is 3.76. The first kappa shape index (κ1) is 16.9. The second kappa shape index (κ2) is 6.13. The SMILES string of the molecule is FC(F)(F)Cn1cc(-c2cnc3[nH]cc(-c4ccc5ncsc5c4)c3n2)cn1. The fraction of sp³-hybridized carbons (Fsp3) is 0.111. The minimum Gasteiger partial charge on any atom is -0.344 e. The van der Waals surface area contributed by atoms with E-state index >= 15 is 0 Å². The van der Waals surface area contributed by atoms with E-state index in [9.17, 15) is 13.2 Å². The van der Waals surface area contributed by atoms with Gasteiger partial charge in [-0.15, -0.1) is 11.3 Å². The second-order valence-electron chi connectivity index (χ2n) is 6.23. The monoisotopic (exact) mass is 400 g/mol. The van der Waals surface area contributed by atoms with E-state index in [0.29, 0.717) is 22.4 Å². The number of H-pyrrole nitrogens is 1. The number of thiazole rings is 1. The lowest BCUT2D eigenvalue weighted by Crippen LogP contribution is -2.17. The highest BCUT2D eigenvalue weighted by atomic mass is 32.1. The molecule has 4 aromatic heterocycles. The molecule has 0 bridgehead atoms. The van der Waals surface area contributed by atoms with Gasteiger partial charge in [0.25, 0.3) is 0 Å². The van der Waals surface area contributed by atoms with E-state index in [0.717, 1.165) is 26.0 Å². The Morgan fingerprint density at radius 3 is 2.86 bits per heavy atom. The van der Waals surface area contributed by atoms with Crippen molar-refractivity contribution in [2.24, 2.45) is 0 Å². The number of aromatic nitrogens is 6. The van der Waals surface area contributed by atoms with Gasteiger partial charge in [0, 0.05) is 23.5 Å². The average Bonchev–Trinajstić information content (AvgIpc) is 3.38. The van der Waals surface area contributed by atoms with Gasteiger partial charge in [-0.05, 0) is 17.7 Å².